The third-order valence-electron chi connectivity index (χ3n) is 3.53. The number of halogens is 2. The largest absolute Gasteiger partial charge is 0.494 e. The second kappa shape index (κ2) is 7.83. The van der Waals surface area contributed by atoms with Gasteiger partial charge in [0.1, 0.15) is 36.6 Å². The maximum atomic E-state index is 12.2. The molecule has 2 rings (SSSR count). The van der Waals surface area contributed by atoms with Crippen LogP contribution < -0.4 is 4.74 Å². The maximum absolute atomic E-state index is 12.2. The van der Waals surface area contributed by atoms with Crippen LogP contribution in [-0.4, -0.2) is 70.8 Å². The van der Waals surface area contributed by atoms with Gasteiger partial charge in [0, 0.05) is 0 Å². The Morgan fingerprint density at radius 2 is 1.75 bits per heavy atom. The molecular weight excluding hydrogens is 367 g/mol. The summed E-state index contributed by atoms with van der Waals surface area (Å²) >= 11 is 11.9. The van der Waals surface area contributed by atoms with E-state index in [1.54, 1.807) is 0 Å². The molecule has 0 unspecified atom stereocenters. The number of carbonyl (C=O) groups excluding carboxylic acids is 1. The van der Waals surface area contributed by atoms with Gasteiger partial charge in [0.15, 0.2) is 12.0 Å². The molecule has 4 N–H and O–H groups in total. The third kappa shape index (κ3) is 3.75. The number of carbonyl (C=O) groups is 1. The van der Waals surface area contributed by atoms with Crippen molar-refractivity contribution in [2.24, 2.45) is 0 Å². The molecule has 0 amide bonds. The van der Waals surface area contributed by atoms with Crippen molar-refractivity contribution in [2.75, 3.05) is 13.7 Å². The van der Waals surface area contributed by atoms with Crippen molar-refractivity contribution in [2.45, 2.75) is 30.7 Å². The van der Waals surface area contributed by atoms with E-state index in [1.807, 2.05) is 0 Å². The van der Waals surface area contributed by atoms with E-state index in [9.17, 15) is 25.2 Å². The van der Waals surface area contributed by atoms with E-state index in [-0.39, 0.29) is 21.4 Å². The number of hydrogen-bond donors (Lipinski definition) is 4. The first-order valence-electron chi connectivity index (χ1n) is 6.84. The molecule has 10 heteroatoms. The fraction of sp³-hybridized carbons (Fsp3) is 0.500. The molecule has 1 saturated heterocycles. The van der Waals surface area contributed by atoms with Crippen molar-refractivity contribution < 1.29 is 39.4 Å². The molecule has 0 aromatic heterocycles. The quantitative estimate of drug-likeness (QED) is 0.534. The van der Waals surface area contributed by atoms with E-state index in [1.165, 1.54) is 19.2 Å². The molecule has 1 aromatic rings. The Bertz CT molecular complexity index is 611. The highest BCUT2D eigenvalue weighted by Gasteiger charge is 2.43. The van der Waals surface area contributed by atoms with Crippen LogP contribution in [0.1, 0.15) is 10.4 Å². The summed E-state index contributed by atoms with van der Waals surface area (Å²) in [5, 5.41) is 38.4. The Hall–Kier alpha value is -1.13. The molecule has 1 aromatic carbocycles. The zero-order chi connectivity index (χ0) is 18.0. The minimum absolute atomic E-state index is 0.0229. The molecule has 0 aliphatic carbocycles. The first-order valence-corrected chi connectivity index (χ1v) is 7.60. The van der Waals surface area contributed by atoms with Crippen LogP contribution in [0.4, 0.5) is 0 Å². The van der Waals surface area contributed by atoms with Crippen molar-refractivity contribution in [3.05, 3.63) is 27.7 Å². The fourth-order valence-corrected chi connectivity index (χ4v) is 2.68. The summed E-state index contributed by atoms with van der Waals surface area (Å²) in [6.45, 7) is -0.507. The molecule has 0 spiro atoms. The molecular formula is C14H16Cl2O8. The van der Waals surface area contributed by atoms with Gasteiger partial charge in [-0.05, 0) is 12.1 Å². The zero-order valence-electron chi connectivity index (χ0n) is 12.4. The number of aliphatic hydroxyl groups is 4. The molecule has 1 aliphatic heterocycles. The minimum atomic E-state index is -1.73. The Labute approximate surface area is 147 Å². The Balaban J connectivity index is 2.10. The van der Waals surface area contributed by atoms with Crippen LogP contribution in [0.3, 0.4) is 0 Å². The SMILES string of the molecule is COc1c(Cl)ccc(Cl)c1C(=O)OC[C@H]1O[C@H](O)[C@@H](O)[C@@H](O)[C@@H]1O. The van der Waals surface area contributed by atoms with Gasteiger partial charge < -0.3 is 34.6 Å². The highest BCUT2D eigenvalue weighted by Crippen LogP contribution is 2.34. The van der Waals surface area contributed by atoms with E-state index in [0.717, 1.165) is 0 Å². The molecule has 0 bridgehead atoms. The number of ether oxygens (including phenoxy) is 3. The number of aliphatic hydroxyl groups excluding tert-OH is 4. The van der Waals surface area contributed by atoms with Gasteiger partial charge in [-0.25, -0.2) is 4.79 Å². The fourth-order valence-electron chi connectivity index (χ4n) is 2.22. The lowest BCUT2D eigenvalue weighted by atomic mass is 9.99. The van der Waals surface area contributed by atoms with Crippen LogP contribution in [0.2, 0.25) is 10.0 Å². The second-order valence-corrected chi connectivity index (χ2v) is 5.89. The van der Waals surface area contributed by atoms with Gasteiger partial charge in [-0.1, -0.05) is 23.2 Å². The number of rotatable bonds is 4. The van der Waals surface area contributed by atoms with Gasteiger partial charge in [-0.15, -0.1) is 0 Å². The summed E-state index contributed by atoms with van der Waals surface area (Å²) < 4.78 is 14.9. The summed E-state index contributed by atoms with van der Waals surface area (Å²) in [5.41, 5.74) is -0.113. The lowest BCUT2D eigenvalue weighted by Gasteiger charge is -2.37. The third-order valence-corrected chi connectivity index (χ3v) is 4.15. The van der Waals surface area contributed by atoms with E-state index in [0.29, 0.717) is 0 Å². The average molecular weight is 383 g/mol. The predicted octanol–water partition coefficient (Wildman–Crippen LogP) is -0.0413. The summed E-state index contributed by atoms with van der Waals surface area (Å²) in [7, 11) is 1.30. The molecule has 0 radical (unpaired) electrons. The normalized spacial score (nSPS) is 30.0. The highest BCUT2D eigenvalue weighted by molar-refractivity contribution is 6.37. The summed E-state index contributed by atoms with van der Waals surface area (Å²) in [6.07, 6.45) is -7.85. The van der Waals surface area contributed by atoms with Crippen LogP contribution in [-0.2, 0) is 9.47 Å². The molecule has 8 nitrogen and oxygen atoms in total. The Morgan fingerprint density at radius 1 is 1.12 bits per heavy atom. The summed E-state index contributed by atoms with van der Waals surface area (Å²) in [5.74, 6) is -0.875. The van der Waals surface area contributed by atoms with Crippen LogP contribution >= 0.6 is 23.2 Å². The second-order valence-electron chi connectivity index (χ2n) is 5.07. The van der Waals surface area contributed by atoms with Crippen molar-refractivity contribution in [3.8, 4) is 5.75 Å². The molecule has 0 saturated carbocycles. The van der Waals surface area contributed by atoms with E-state index in [4.69, 9.17) is 37.4 Å². The first kappa shape index (κ1) is 19.2. The van der Waals surface area contributed by atoms with Crippen molar-refractivity contribution in [1.29, 1.82) is 0 Å². The van der Waals surface area contributed by atoms with E-state index < -0.39 is 43.3 Å². The lowest BCUT2D eigenvalue weighted by molar-refractivity contribution is -0.286. The first-order chi connectivity index (χ1) is 11.3. The van der Waals surface area contributed by atoms with Crippen molar-refractivity contribution in [3.63, 3.8) is 0 Å². The van der Waals surface area contributed by atoms with Crippen molar-refractivity contribution >= 4 is 29.2 Å². The number of esters is 1. The number of benzene rings is 1. The van der Waals surface area contributed by atoms with Gasteiger partial charge >= 0.3 is 5.97 Å². The van der Waals surface area contributed by atoms with Crippen molar-refractivity contribution in [1.82, 2.24) is 0 Å². The van der Waals surface area contributed by atoms with E-state index in [2.05, 4.69) is 0 Å². The van der Waals surface area contributed by atoms with E-state index >= 15 is 0 Å². The Morgan fingerprint density at radius 3 is 2.38 bits per heavy atom. The summed E-state index contributed by atoms with van der Waals surface area (Å²) in [6, 6.07) is 2.83. The minimum Gasteiger partial charge on any atom is -0.494 e. The van der Waals surface area contributed by atoms with Crippen LogP contribution in [0, 0.1) is 0 Å². The topological polar surface area (TPSA) is 126 Å². The Kier molecular flexibility index (Phi) is 6.27. The molecule has 24 heavy (non-hydrogen) atoms. The maximum Gasteiger partial charge on any atom is 0.343 e. The highest BCUT2D eigenvalue weighted by atomic mass is 35.5. The molecule has 1 aliphatic rings. The molecule has 1 heterocycles. The van der Waals surface area contributed by atoms with Gasteiger partial charge in [-0.2, -0.15) is 0 Å². The zero-order valence-corrected chi connectivity index (χ0v) is 13.9. The predicted molar refractivity (Wildman–Crippen MR) is 82.2 cm³/mol. The molecule has 134 valence electrons. The van der Waals surface area contributed by atoms with Gasteiger partial charge in [0.25, 0.3) is 0 Å². The van der Waals surface area contributed by atoms with Crippen LogP contribution in [0.15, 0.2) is 12.1 Å². The van der Waals surface area contributed by atoms with Gasteiger partial charge in [-0.3, -0.25) is 0 Å². The van der Waals surface area contributed by atoms with Crippen LogP contribution in [0.25, 0.3) is 0 Å². The molecule has 5 atom stereocenters. The smallest absolute Gasteiger partial charge is 0.343 e. The number of methoxy groups -OCH3 is 1. The van der Waals surface area contributed by atoms with Crippen LogP contribution in [0.5, 0.6) is 5.75 Å². The molecule has 1 fully saturated rings. The monoisotopic (exact) mass is 382 g/mol. The number of hydrogen-bond acceptors (Lipinski definition) is 8. The standard InChI is InChI=1S/C14H16Cl2O8/c1-22-12-6(16)3-2-5(15)8(12)13(20)23-4-7-9(17)10(18)11(19)14(21)24-7/h2-3,7,9-11,14,17-19,21H,4H2,1H3/t7-,9-,10+,11+,14+/m1/s1. The summed E-state index contributed by atoms with van der Waals surface area (Å²) in [4.78, 5) is 12.2. The van der Waals surface area contributed by atoms with Gasteiger partial charge in [0.2, 0.25) is 0 Å². The van der Waals surface area contributed by atoms with Gasteiger partial charge in [0.05, 0.1) is 17.2 Å². The average Bonchev–Trinajstić information content (AvgIpc) is 2.56. The lowest BCUT2D eigenvalue weighted by Crippen LogP contribution is -2.58.